The normalized spacial score (nSPS) is 14.5. The van der Waals surface area contributed by atoms with Crippen LogP contribution in [0.2, 0.25) is 0 Å². The summed E-state index contributed by atoms with van der Waals surface area (Å²) < 4.78 is 15.8. The van der Waals surface area contributed by atoms with E-state index in [4.69, 9.17) is 14.2 Å². The molecule has 1 aliphatic heterocycles. The summed E-state index contributed by atoms with van der Waals surface area (Å²) in [7, 11) is 3.12. The first-order valence-electron chi connectivity index (χ1n) is 8.96. The smallest absolute Gasteiger partial charge is 0.331 e. The molecule has 2 aromatic rings. The fourth-order valence-electron chi connectivity index (χ4n) is 3.09. The second-order valence-corrected chi connectivity index (χ2v) is 7.40. The molecular weight excluding hydrogens is 378 g/mol. The fourth-order valence-corrected chi connectivity index (χ4v) is 3.97. The molecule has 0 radical (unpaired) electrons. The van der Waals surface area contributed by atoms with Crippen LogP contribution in [0.15, 0.2) is 35.7 Å². The van der Waals surface area contributed by atoms with Crippen LogP contribution in [0.1, 0.15) is 22.9 Å². The highest BCUT2D eigenvalue weighted by Gasteiger charge is 2.27. The molecule has 1 aromatic carbocycles. The minimum absolute atomic E-state index is 0.183. The number of methoxy groups -OCH3 is 2. The Morgan fingerprint density at radius 2 is 2.04 bits per heavy atom. The lowest BCUT2D eigenvalue weighted by atomic mass is 10.1. The Bertz CT molecular complexity index is 889. The summed E-state index contributed by atoms with van der Waals surface area (Å²) in [6.07, 6.45) is 2.87. The molecule has 0 fully saturated rings. The molecule has 1 aromatic heterocycles. The first-order valence-corrected chi connectivity index (χ1v) is 9.84. The molecule has 7 heteroatoms. The van der Waals surface area contributed by atoms with E-state index in [1.165, 1.54) is 16.5 Å². The molecule has 0 saturated heterocycles. The number of benzene rings is 1. The van der Waals surface area contributed by atoms with Gasteiger partial charge in [0, 0.05) is 29.6 Å². The van der Waals surface area contributed by atoms with Crippen LogP contribution in [0.4, 0.5) is 0 Å². The van der Waals surface area contributed by atoms with E-state index in [2.05, 4.69) is 0 Å². The average molecular weight is 401 g/mol. The van der Waals surface area contributed by atoms with Gasteiger partial charge in [-0.05, 0) is 54.6 Å². The molecule has 148 valence electrons. The summed E-state index contributed by atoms with van der Waals surface area (Å²) >= 11 is 1.72. The van der Waals surface area contributed by atoms with Crippen LogP contribution in [0.3, 0.4) is 0 Å². The van der Waals surface area contributed by atoms with Crippen molar-refractivity contribution in [3.63, 3.8) is 0 Å². The van der Waals surface area contributed by atoms with Gasteiger partial charge in [-0.2, -0.15) is 0 Å². The van der Waals surface area contributed by atoms with Crippen molar-refractivity contribution >= 4 is 29.3 Å². The minimum atomic E-state index is -0.843. The number of hydrogen-bond acceptors (Lipinski definition) is 6. The van der Waals surface area contributed by atoms with Crippen molar-refractivity contribution in [2.75, 3.05) is 20.8 Å². The molecule has 0 N–H and O–H groups in total. The topological polar surface area (TPSA) is 65.1 Å². The Morgan fingerprint density at radius 1 is 1.21 bits per heavy atom. The number of ether oxygens (including phenoxy) is 3. The van der Waals surface area contributed by atoms with Crippen LogP contribution in [0.5, 0.6) is 11.5 Å². The van der Waals surface area contributed by atoms with Gasteiger partial charge < -0.3 is 19.1 Å². The maximum atomic E-state index is 12.6. The van der Waals surface area contributed by atoms with Crippen LogP contribution < -0.4 is 9.47 Å². The van der Waals surface area contributed by atoms with Crippen LogP contribution >= 0.6 is 11.3 Å². The van der Waals surface area contributed by atoms with Gasteiger partial charge in [0.25, 0.3) is 5.91 Å². The standard InChI is InChI=1S/C21H23NO5S/c1-14(21(24)22-10-8-19-16(13-22)9-11-28-19)27-20(23)7-4-15-12-17(25-2)5-6-18(15)26-3/h4-7,9,11-12,14H,8,10,13H2,1-3H3/b7-4+. The molecule has 0 saturated carbocycles. The number of fused-ring (bicyclic) bond motifs is 1. The number of carbonyl (C=O) groups is 2. The Morgan fingerprint density at radius 3 is 2.79 bits per heavy atom. The van der Waals surface area contributed by atoms with Gasteiger partial charge >= 0.3 is 5.97 Å². The number of hydrogen-bond donors (Lipinski definition) is 0. The van der Waals surface area contributed by atoms with E-state index in [0.29, 0.717) is 30.2 Å². The van der Waals surface area contributed by atoms with Gasteiger partial charge in [0.1, 0.15) is 11.5 Å². The average Bonchev–Trinajstić information content (AvgIpc) is 3.19. The summed E-state index contributed by atoms with van der Waals surface area (Å²) in [5.41, 5.74) is 1.85. The van der Waals surface area contributed by atoms with Crippen LogP contribution in [0.25, 0.3) is 6.08 Å². The van der Waals surface area contributed by atoms with E-state index < -0.39 is 12.1 Å². The predicted octanol–water partition coefficient (Wildman–Crippen LogP) is 3.30. The quantitative estimate of drug-likeness (QED) is 0.549. The third-order valence-electron chi connectivity index (χ3n) is 4.60. The molecule has 2 heterocycles. The van der Waals surface area contributed by atoms with Gasteiger partial charge in [0.2, 0.25) is 0 Å². The third kappa shape index (κ3) is 4.54. The van der Waals surface area contributed by atoms with Gasteiger partial charge in [-0.25, -0.2) is 4.79 Å². The summed E-state index contributed by atoms with van der Waals surface area (Å²) in [5, 5.41) is 2.04. The zero-order valence-corrected chi connectivity index (χ0v) is 17.0. The highest BCUT2D eigenvalue weighted by atomic mass is 32.1. The number of thiophene rings is 1. The maximum Gasteiger partial charge on any atom is 0.331 e. The van der Waals surface area contributed by atoms with Crippen LogP contribution in [-0.2, 0) is 27.3 Å². The van der Waals surface area contributed by atoms with Crippen molar-refractivity contribution in [2.45, 2.75) is 26.0 Å². The molecular formula is C21H23NO5S. The zero-order valence-electron chi connectivity index (χ0n) is 16.1. The van der Waals surface area contributed by atoms with E-state index >= 15 is 0 Å². The van der Waals surface area contributed by atoms with Crippen molar-refractivity contribution in [3.05, 3.63) is 51.7 Å². The number of carbonyl (C=O) groups excluding carboxylic acids is 2. The van der Waals surface area contributed by atoms with E-state index in [1.54, 1.807) is 61.7 Å². The van der Waals surface area contributed by atoms with E-state index in [-0.39, 0.29) is 5.91 Å². The van der Waals surface area contributed by atoms with Crippen molar-refractivity contribution < 1.29 is 23.8 Å². The van der Waals surface area contributed by atoms with Gasteiger partial charge in [-0.3, -0.25) is 4.79 Å². The molecule has 0 spiro atoms. The monoisotopic (exact) mass is 401 g/mol. The highest BCUT2D eigenvalue weighted by Crippen LogP contribution is 2.26. The van der Waals surface area contributed by atoms with Crippen molar-refractivity contribution in [1.82, 2.24) is 4.90 Å². The Labute approximate surface area is 168 Å². The number of nitrogens with zero attached hydrogens (tertiary/aromatic N) is 1. The summed E-state index contributed by atoms with van der Waals surface area (Å²) in [6, 6.07) is 7.32. The molecule has 1 aliphatic rings. The number of amides is 1. The van der Waals surface area contributed by atoms with Crippen LogP contribution in [0, 0.1) is 0 Å². The first kappa shape index (κ1) is 19.9. The Balaban J connectivity index is 1.60. The largest absolute Gasteiger partial charge is 0.497 e. The molecule has 0 aliphatic carbocycles. The van der Waals surface area contributed by atoms with Crippen molar-refractivity contribution in [3.8, 4) is 11.5 Å². The van der Waals surface area contributed by atoms with Crippen molar-refractivity contribution in [2.24, 2.45) is 0 Å². The molecule has 0 bridgehead atoms. The van der Waals surface area contributed by atoms with E-state index in [9.17, 15) is 9.59 Å². The third-order valence-corrected chi connectivity index (χ3v) is 5.62. The lowest BCUT2D eigenvalue weighted by Gasteiger charge is -2.29. The number of esters is 1. The Hall–Kier alpha value is -2.80. The van der Waals surface area contributed by atoms with Gasteiger partial charge in [0.15, 0.2) is 6.10 Å². The van der Waals surface area contributed by atoms with Gasteiger partial charge in [0.05, 0.1) is 14.2 Å². The molecule has 28 heavy (non-hydrogen) atoms. The molecule has 1 atom stereocenters. The predicted molar refractivity (Wildman–Crippen MR) is 108 cm³/mol. The van der Waals surface area contributed by atoms with E-state index in [1.807, 2.05) is 11.4 Å². The summed E-state index contributed by atoms with van der Waals surface area (Å²) in [4.78, 5) is 27.9. The lowest BCUT2D eigenvalue weighted by molar-refractivity contribution is -0.155. The molecule has 1 unspecified atom stereocenters. The van der Waals surface area contributed by atoms with Crippen molar-refractivity contribution in [1.29, 1.82) is 0 Å². The SMILES string of the molecule is COc1ccc(OC)c(/C=C/C(=O)OC(C)C(=O)N2CCc3sccc3C2)c1. The molecule has 3 rings (SSSR count). The Kier molecular flexibility index (Phi) is 6.36. The fraction of sp³-hybridized carbons (Fsp3) is 0.333. The van der Waals surface area contributed by atoms with E-state index in [0.717, 1.165) is 6.42 Å². The zero-order chi connectivity index (χ0) is 20.1. The highest BCUT2D eigenvalue weighted by molar-refractivity contribution is 7.10. The first-order chi connectivity index (χ1) is 13.5. The summed E-state index contributed by atoms with van der Waals surface area (Å²) in [6.45, 7) is 2.81. The maximum absolute atomic E-state index is 12.6. The van der Waals surface area contributed by atoms with Gasteiger partial charge in [-0.15, -0.1) is 11.3 Å². The number of rotatable bonds is 6. The van der Waals surface area contributed by atoms with Crippen LogP contribution in [-0.4, -0.2) is 43.6 Å². The molecule has 6 nitrogen and oxygen atoms in total. The van der Waals surface area contributed by atoms with Gasteiger partial charge in [-0.1, -0.05) is 0 Å². The second kappa shape index (κ2) is 8.93. The summed E-state index contributed by atoms with van der Waals surface area (Å²) in [5.74, 6) is 0.487. The lowest BCUT2D eigenvalue weighted by Crippen LogP contribution is -2.42. The molecule has 1 amide bonds. The minimum Gasteiger partial charge on any atom is -0.497 e. The second-order valence-electron chi connectivity index (χ2n) is 6.40.